The number of carbonyl (C=O) groups is 3. The number of hydrogen-bond acceptors (Lipinski definition) is 7. The van der Waals surface area contributed by atoms with Gasteiger partial charge in [0.1, 0.15) is 23.4 Å². The smallest absolute Gasteiger partial charge is 0.306 e. The first-order chi connectivity index (χ1) is 19.9. The molecule has 9 heteroatoms. The van der Waals surface area contributed by atoms with Crippen molar-refractivity contribution in [3.05, 3.63) is 81.8 Å². The van der Waals surface area contributed by atoms with Crippen molar-refractivity contribution in [2.75, 3.05) is 0 Å². The number of aromatic hydroxyl groups is 1. The number of phenolic OH excluding ortho intramolecular Hbond substituents is 1. The first-order valence-corrected chi connectivity index (χ1v) is 15.2. The van der Waals surface area contributed by atoms with Crippen LogP contribution in [0.15, 0.2) is 60.0 Å². The number of aromatic nitrogens is 1. The van der Waals surface area contributed by atoms with E-state index in [-0.39, 0.29) is 43.0 Å². The van der Waals surface area contributed by atoms with Crippen LogP contribution in [0.1, 0.15) is 79.7 Å². The van der Waals surface area contributed by atoms with E-state index in [4.69, 9.17) is 9.72 Å². The normalized spacial score (nSPS) is 15.0. The minimum Gasteiger partial charge on any atom is -0.508 e. The summed E-state index contributed by atoms with van der Waals surface area (Å²) < 4.78 is 5.47. The number of nitrogens with one attached hydrogen (secondary N) is 2. The Kier molecular flexibility index (Phi) is 11.3. The summed E-state index contributed by atoms with van der Waals surface area (Å²) in [7, 11) is 0. The molecule has 0 bridgehead atoms. The van der Waals surface area contributed by atoms with Crippen LogP contribution in [0.5, 0.6) is 5.75 Å². The van der Waals surface area contributed by atoms with Crippen LogP contribution in [0.3, 0.4) is 0 Å². The van der Waals surface area contributed by atoms with E-state index in [1.165, 1.54) is 50.4 Å². The Morgan fingerprint density at radius 3 is 2.44 bits per heavy atom. The summed E-state index contributed by atoms with van der Waals surface area (Å²) in [6, 6.07) is 14.7. The number of benzene rings is 2. The van der Waals surface area contributed by atoms with Crippen LogP contribution >= 0.6 is 11.3 Å². The second kappa shape index (κ2) is 15.3. The van der Waals surface area contributed by atoms with Crippen molar-refractivity contribution in [1.82, 2.24) is 15.6 Å². The van der Waals surface area contributed by atoms with Gasteiger partial charge in [-0.25, -0.2) is 4.98 Å². The van der Waals surface area contributed by atoms with Crippen LogP contribution in [-0.4, -0.2) is 33.9 Å². The molecule has 0 radical (unpaired) electrons. The van der Waals surface area contributed by atoms with Crippen molar-refractivity contribution in [3.8, 4) is 5.75 Å². The maximum Gasteiger partial charge on any atom is 0.306 e. The molecule has 1 heterocycles. The predicted octanol–water partition coefficient (Wildman–Crippen LogP) is 5.40. The fraction of sp³-hybridized carbons (Fsp3) is 0.438. The van der Waals surface area contributed by atoms with E-state index in [2.05, 4.69) is 16.0 Å². The molecular formula is C32H39N3O5S. The summed E-state index contributed by atoms with van der Waals surface area (Å²) in [5, 5.41) is 18.2. The average Bonchev–Trinajstić information content (AvgIpc) is 3.44. The van der Waals surface area contributed by atoms with Gasteiger partial charge in [0.15, 0.2) is 0 Å². The van der Waals surface area contributed by atoms with Gasteiger partial charge in [-0.15, -0.1) is 11.3 Å². The molecule has 1 aromatic heterocycles. The number of nitrogens with zero attached hydrogens (tertiary/aromatic N) is 1. The van der Waals surface area contributed by atoms with Crippen molar-refractivity contribution in [2.24, 2.45) is 5.92 Å². The third kappa shape index (κ3) is 10.0. The first-order valence-electron chi connectivity index (χ1n) is 14.3. The zero-order chi connectivity index (χ0) is 29.0. The van der Waals surface area contributed by atoms with Gasteiger partial charge in [-0.05, 0) is 42.0 Å². The molecule has 8 nitrogen and oxygen atoms in total. The first kappa shape index (κ1) is 30.2. The van der Waals surface area contributed by atoms with Gasteiger partial charge in [0.25, 0.3) is 0 Å². The third-order valence-corrected chi connectivity index (χ3v) is 8.36. The van der Waals surface area contributed by atoms with Crippen molar-refractivity contribution >= 4 is 29.1 Å². The van der Waals surface area contributed by atoms with Crippen LogP contribution in [0.4, 0.5) is 0 Å². The highest BCUT2D eigenvalue weighted by Gasteiger charge is 2.26. The number of hydrogen-bond donors (Lipinski definition) is 3. The van der Waals surface area contributed by atoms with Crippen LogP contribution in [0.2, 0.25) is 0 Å². The summed E-state index contributed by atoms with van der Waals surface area (Å²) in [6.45, 7) is 1.56. The Hall–Kier alpha value is -3.72. The Morgan fingerprint density at radius 1 is 1.00 bits per heavy atom. The number of thiazole rings is 1. The molecule has 2 unspecified atom stereocenters. The van der Waals surface area contributed by atoms with Crippen molar-refractivity contribution in [1.29, 1.82) is 0 Å². The Labute approximate surface area is 245 Å². The average molecular weight is 578 g/mol. The highest BCUT2D eigenvalue weighted by Crippen LogP contribution is 2.29. The van der Waals surface area contributed by atoms with Gasteiger partial charge >= 0.3 is 5.97 Å². The number of carbonyl (C=O) groups excluding carboxylic acids is 3. The molecule has 218 valence electrons. The number of rotatable bonds is 13. The van der Waals surface area contributed by atoms with Crippen LogP contribution in [0.25, 0.3) is 0 Å². The number of esters is 1. The number of ether oxygens (including phenoxy) is 1. The quantitative estimate of drug-likeness (QED) is 0.234. The molecule has 2 aromatic carbocycles. The SMILES string of the molecule is CC(=O)NC(Cc1ccc(O)cc1)C(=O)NC(CCC(=O)OCc1ccccc1)c1nc(CC2CCCCC2)cs1. The largest absolute Gasteiger partial charge is 0.508 e. The third-order valence-electron chi connectivity index (χ3n) is 7.36. The molecule has 3 N–H and O–H groups in total. The predicted molar refractivity (Wildman–Crippen MR) is 158 cm³/mol. The zero-order valence-electron chi connectivity index (χ0n) is 23.5. The highest BCUT2D eigenvalue weighted by molar-refractivity contribution is 7.09. The second-order valence-corrected chi connectivity index (χ2v) is 11.6. The summed E-state index contributed by atoms with van der Waals surface area (Å²) in [6.07, 6.45) is 7.86. The molecule has 0 spiro atoms. The van der Waals surface area contributed by atoms with Crippen LogP contribution < -0.4 is 10.6 Å². The second-order valence-electron chi connectivity index (χ2n) is 10.8. The topological polar surface area (TPSA) is 118 Å². The van der Waals surface area contributed by atoms with Gasteiger partial charge in [0.05, 0.1) is 11.7 Å². The molecule has 2 amide bonds. The van der Waals surface area contributed by atoms with E-state index in [9.17, 15) is 19.5 Å². The van der Waals surface area contributed by atoms with E-state index < -0.39 is 12.1 Å². The lowest BCUT2D eigenvalue weighted by atomic mass is 9.86. The molecule has 41 heavy (non-hydrogen) atoms. The van der Waals surface area contributed by atoms with E-state index in [0.717, 1.165) is 28.2 Å². The van der Waals surface area contributed by atoms with Gasteiger partial charge in [-0.1, -0.05) is 74.6 Å². The summed E-state index contributed by atoms with van der Waals surface area (Å²) in [4.78, 5) is 43.0. The van der Waals surface area contributed by atoms with E-state index in [1.807, 2.05) is 30.3 Å². The fourth-order valence-corrected chi connectivity index (χ4v) is 6.10. The van der Waals surface area contributed by atoms with Crippen LogP contribution in [0, 0.1) is 5.92 Å². The summed E-state index contributed by atoms with van der Waals surface area (Å²) in [5.41, 5.74) is 2.72. The molecule has 0 saturated heterocycles. The van der Waals surface area contributed by atoms with E-state index >= 15 is 0 Å². The zero-order valence-corrected chi connectivity index (χ0v) is 24.3. The molecule has 0 aliphatic heterocycles. The summed E-state index contributed by atoms with van der Waals surface area (Å²) in [5.74, 6) is -0.279. The maximum atomic E-state index is 13.5. The van der Waals surface area contributed by atoms with Gasteiger partial charge in [-0.2, -0.15) is 0 Å². The number of phenols is 1. The van der Waals surface area contributed by atoms with Crippen molar-refractivity contribution < 1.29 is 24.2 Å². The molecular weight excluding hydrogens is 538 g/mol. The highest BCUT2D eigenvalue weighted by atomic mass is 32.1. The number of amides is 2. The molecule has 3 aromatic rings. The van der Waals surface area contributed by atoms with Crippen LogP contribution in [-0.2, 0) is 38.6 Å². The fourth-order valence-electron chi connectivity index (χ4n) is 5.19. The van der Waals surface area contributed by atoms with Gasteiger partial charge in [-0.3, -0.25) is 14.4 Å². The minimum atomic E-state index is -0.828. The summed E-state index contributed by atoms with van der Waals surface area (Å²) >= 11 is 1.49. The maximum absolute atomic E-state index is 13.5. The van der Waals surface area contributed by atoms with Crippen molar-refractivity contribution in [3.63, 3.8) is 0 Å². The Morgan fingerprint density at radius 2 is 1.73 bits per heavy atom. The molecule has 4 rings (SSSR count). The van der Waals surface area contributed by atoms with E-state index in [0.29, 0.717) is 12.3 Å². The molecule has 1 saturated carbocycles. The molecule has 1 fully saturated rings. The van der Waals surface area contributed by atoms with Gasteiger partial charge < -0.3 is 20.5 Å². The standard InChI is InChI=1S/C32H39N3O5S/c1-22(36)33-29(19-24-12-14-27(37)15-13-24)31(39)35-28(16-17-30(38)40-20-25-10-6-3-7-11-25)32-34-26(21-41-32)18-23-8-4-2-5-9-23/h3,6-7,10-15,21,23,28-29,37H,2,4-5,8-9,16-20H2,1H3,(H,33,36)(H,35,39). The lowest BCUT2D eigenvalue weighted by Crippen LogP contribution is -2.48. The minimum absolute atomic E-state index is 0.109. The Balaban J connectivity index is 1.45. The van der Waals surface area contributed by atoms with E-state index in [1.54, 1.807) is 24.3 Å². The molecule has 2 atom stereocenters. The lowest BCUT2D eigenvalue weighted by molar-refractivity contribution is -0.145. The Bertz CT molecular complexity index is 1270. The molecule has 1 aliphatic rings. The molecule has 1 aliphatic carbocycles. The van der Waals surface area contributed by atoms with Crippen molar-refractivity contribution in [2.45, 2.75) is 83.4 Å². The monoisotopic (exact) mass is 577 g/mol. The lowest BCUT2D eigenvalue weighted by Gasteiger charge is -2.22. The van der Waals surface area contributed by atoms with Gasteiger partial charge in [0.2, 0.25) is 11.8 Å². The van der Waals surface area contributed by atoms with Gasteiger partial charge in [0, 0.05) is 25.1 Å².